The van der Waals surface area contributed by atoms with Gasteiger partial charge >= 0.3 is 5.97 Å². The molecule has 2 unspecified atom stereocenters. The minimum absolute atomic E-state index is 0.0650. The first-order valence-electron chi connectivity index (χ1n) is 5.18. The summed E-state index contributed by atoms with van der Waals surface area (Å²) in [6.07, 6.45) is -0.392. The Morgan fingerprint density at radius 3 is 2.62 bits per heavy atom. The van der Waals surface area contributed by atoms with E-state index in [1.165, 1.54) is 7.11 Å². The molecule has 0 amide bonds. The van der Waals surface area contributed by atoms with Gasteiger partial charge in [0.15, 0.2) is 0 Å². The topological polar surface area (TPSA) is 72.5 Å². The number of nitrogens with two attached hydrogens (primary N) is 1. The van der Waals surface area contributed by atoms with Gasteiger partial charge in [0.25, 0.3) is 0 Å². The molecule has 0 aromatic heterocycles. The lowest BCUT2D eigenvalue weighted by atomic mass is 10.0. The molecule has 0 aliphatic heterocycles. The van der Waals surface area contributed by atoms with Crippen LogP contribution in [0.3, 0.4) is 0 Å². The summed E-state index contributed by atoms with van der Waals surface area (Å²) in [6.45, 7) is 0. The Hall–Kier alpha value is -1.39. The van der Waals surface area contributed by atoms with Crippen LogP contribution >= 0.6 is 0 Å². The van der Waals surface area contributed by atoms with E-state index in [1.807, 2.05) is 30.3 Å². The predicted octanol–water partition coefficient (Wildman–Crippen LogP) is 0.480. The molecule has 4 nitrogen and oxygen atoms in total. The summed E-state index contributed by atoms with van der Waals surface area (Å²) in [4.78, 5) is 10.9. The van der Waals surface area contributed by atoms with Crippen molar-refractivity contribution in [3.05, 3.63) is 35.9 Å². The lowest BCUT2D eigenvalue weighted by Gasteiger charge is -2.17. The highest BCUT2D eigenvalue weighted by molar-refractivity contribution is 5.69. The molecule has 0 saturated carbocycles. The zero-order chi connectivity index (χ0) is 12.0. The molecule has 3 N–H and O–H groups in total. The highest BCUT2D eigenvalue weighted by Gasteiger charge is 2.18. The van der Waals surface area contributed by atoms with E-state index in [0.717, 1.165) is 5.56 Å². The number of carbonyl (C=O) groups excluding carboxylic acids is 1. The number of carbonyl (C=O) groups is 1. The number of methoxy groups -OCH3 is 1. The summed E-state index contributed by atoms with van der Waals surface area (Å²) in [5.41, 5.74) is 6.84. The fourth-order valence-corrected chi connectivity index (χ4v) is 1.43. The molecule has 0 bridgehead atoms. The molecule has 0 aliphatic carbocycles. The van der Waals surface area contributed by atoms with Crippen molar-refractivity contribution in [1.29, 1.82) is 0 Å². The molecule has 1 rings (SSSR count). The average molecular weight is 223 g/mol. The van der Waals surface area contributed by atoms with Crippen LogP contribution in [-0.4, -0.2) is 30.3 Å². The van der Waals surface area contributed by atoms with Crippen LogP contribution in [0.2, 0.25) is 0 Å². The first-order valence-corrected chi connectivity index (χ1v) is 5.18. The van der Waals surface area contributed by atoms with Gasteiger partial charge in [-0.15, -0.1) is 0 Å². The number of aliphatic hydroxyl groups excluding tert-OH is 1. The molecule has 0 spiro atoms. The maximum atomic E-state index is 10.9. The Kier molecular flexibility index (Phi) is 4.95. The van der Waals surface area contributed by atoms with Gasteiger partial charge in [0.2, 0.25) is 0 Å². The molecule has 0 radical (unpaired) electrons. The van der Waals surface area contributed by atoms with E-state index >= 15 is 0 Å². The first-order chi connectivity index (χ1) is 7.63. The van der Waals surface area contributed by atoms with Crippen molar-refractivity contribution < 1.29 is 14.6 Å². The van der Waals surface area contributed by atoms with Crippen LogP contribution in [0.15, 0.2) is 30.3 Å². The quantitative estimate of drug-likeness (QED) is 0.712. The molecule has 0 fully saturated rings. The summed E-state index contributed by atoms with van der Waals surface area (Å²) in [7, 11) is 1.29. The van der Waals surface area contributed by atoms with E-state index in [1.54, 1.807) is 0 Å². The molecule has 4 heteroatoms. The Balaban J connectivity index is 2.46. The molecule has 0 heterocycles. The predicted molar refractivity (Wildman–Crippen MR) is 60.8 cm³/mol. The third-order valence-corrected chi connectivity index (χ3v) is 2.41. The summed E-state index contributed by atoms with van der Waals surface area (Å²) < 4.78 is 4.47. The van der Waals surface area contributed by atoms with Gasteiger partial charge in [-0.25, -0.2) is 0 Å². The monoisotopic (exact) mass is 223 g/mol. The van der Waals surface area contributed by atoms with Crippen LogP contribution in [0.4, 0.5) is 0 Å². The number of hydrogen-bond donors (Lipinski definition) is 2. The second kappa shape index (κ2) is 6.25. The van der Waals surface area contributed by atoms with Crippen molar-refractivity contribution in [3.63, 3.8) is 0 Å². The largest absolute Gasteiger partial charge is 0.469 e. The zero-order valence-electron chi connectivity index (χ0n) is 9.30. The molecule has 0 aliphatic rings. The van der Waals surface area contributed by atoms with Crippen LogP contribution in [0, 0.1) is 0 Å². The Morgan fingerprint density at radius 1 is 1.44 bits per heavy atom. The molecule has 16 heavy (non-hydrogen) atoms. The maximum absolute atomic E-state index is 10.9. The number of benzene rings is 1. The van der Waals surface area contributed by atoms with Gasteiger partial charge in [0.05, 0.1) is 19.6 Å². The third kappa shape index (κ3) is 4.00. The number of aliphatic hydroxyl groups is 1. The van der Waals surface area contributed by atoms with Gasteiger partial charge in [-0.05, 0) is 12.0 Å². The first kappa shape index (κ1) is 12.7. The lowest BCUT2D eigenvalue weighted by Crippen LogP contribution is -2.38. The van der Waals surface area contributed by atoms with Crippen LogP contribution in [-0.2, 0) is 16.0 Å². The SMILES string of the molecule is COC(=O)CC(O)C(N)Cc1ccccc1. The second-order valence-corrected chi connectivity index (χ2v) is 3.70. The highest BCUT2D eigenvalue weighted by atomic mass is 16.5. The minimum Gasteiger partial charge on any atom is -0.469 e. The van der Waals surface area contributed by atoms with Crippen LogP contribution < -0.4 is 5.73 Å². The van der Waals surface area contributed by atoms with Gasteiger partial charge in [-0.2, -0.15) is 0 Å². The Morgan fingerprint density at radius 2 is 2.06 bits per heavy atom. The second-order valence-electron chi connectivity index (χ2n) is 3.70. The standard InChI is InChI=1S/C12H17NO3/c1-16-12(15)8-11(14)10(13)7-9-5-3-2-4-6-9/h2-6,10-11,14H,7-8,13H2,1H3. The summed E-state index contributed by atoms with van der Waals surface area (Å²) in [5, 5.41) is 9.65. The van der Waals surface area contributed by atoms with Gasteiger partial charge in [0, 0.05) is 6.04 Å². The average Bonchev–Trinajstić information content (AvgIpc) is 2.30. The van der Waals surface area contributed by atoms with E-state index in [4.69, 9.17) is 5.73 Å². The van der Waals surface area contributed by atoms with Gasteiger partial charge in [-0.1, -0.05) is 30.3 Å². The fourth-order valence-electron chi connectivity index (χ4n) is 1.43. The van der Waals surface area contributed by atoms with Crippen LogP contribution in [0.1, 0.15) is 12.0 Å². The Labute approximate surface area is 95.0 Å². The van der Waals surface area contributed by atoms with Crippen molar-refractivity contribution in [2.75, 3.05) is 7.11 Å². The summed E-state index contributed by atoms with van der Waals surface area (Å²) in [5.74, 6) is -0.448. The molecule has 2 atom stereocenters. The van der Waals surface area contributed by atoms with Crippen LogP contribution in [0.25, 0.3) is 0 Å². The normalized spacial score (nSPS) is 14.2. The molecule has 88 valence electrons. The number of esters is 1. The third-order valence-electron chi connectivity index (χ3n) is 2.41. The van der Waals surface area contributed by atoms with Crippen molar-refractivity contribution in [2.24, 2.45) is 5.73 Å². The van der Waals surface area contributed by atoms with E-state index in [2.05, 4.69) is 4.74 Å². The van der Waals surface area contributed by atoms with Crippen LogP contribution in [0.5, 0.6) is 0 Å². The zero-order valence-corrected chi connectivity index (χ0v) is 9.30. The Bertz CT molecular complexity index is 326. The highest BCUT2D eigenvalue weighted by Crippen LogP contribution is 2.07. The molecular weight excluding hydrogens is 206 g/mol. The summed E-state index contributed by atoms with van der Waals surface area (Å²) in [6, 6.07) is 9.15. The van der Waals surface area contributed by atoms with Crippen molar-refractivity contribution in [1.82, 2.24) is 0 Å². The number of ether oxygens (including phenoxy) is 1. The number of hydrogen-bond acceptors (Lipinski definition) is 4. The van der Waals surface area contributed by atoms with Crippen molar-refractivity contribution in [3.8, 4) is 0 Å². The van der Waals surface area contributed by atoms with Gasteiger partial charge in [-0.3, -0.25) is 4.79 Å². The van der Waals surface area contributed by atoms with E-state index in [-0.39, 0.29) is 6.42 Å². The summed E-state index contributed by atoms with van der Waals surface area (Å²) >= 11 is 0. The van der Waals surface area contributed by atoms with Crippen molar-refractivity contribution >= 4 is 5.97 Å². The van der Waals surface area contributed by atoms with E-state index < -0.39 is 18.1 Å². The van der Waals surface area contributed by atoms with Gasteiger partial charge < -0.3 is 15.6 Å². The van der Waals surface area contributed by atoms with Gasteiger partial charge in [0.1, 0.15) is 0 Å². The van der Waals surface area contributed by atoms with Crippen molar-refractivity contribution in [2.45, 2.75) is 25.0 Å². The molecule has 1 aromatic rings. The number of rotatable bonds is 5. The smallest absolute Gasteiger partial charge is 0.308 e. The lowest BCUT2D eigenvalue weighted by molar-refractivity contribution is -0.143. The molecule has 1 aromatic carbocycles. The maximum Gasteiger partial charge on any atom is 0.308 e. The van der Waals surface area contributed by atoms with E-state index in [0.29, 0.717) is 6.42 Å². The fraction of sp³-hybridized carbons (Fsp3) is 0.417. The van der Waals surface area contributed by atoms with E-state index in [9.17, 15) is 9.90 Å². The minimum atomic E-state index is -0.868. The molecule has 0 saturated heterocycles. The molecular formula is C12H17NO3.